The highest BCUT2D eigenvalue weighted by Gasteiger charge is 2.37. The van der Waals surface area contributed by atoms with Crippen LogP contribution in [0.4, 0.5) is 0 Å². The molecular weight excluding hydrogens is 250 g/mol. The number of hydrogen-bond acceptors (Lipinski definition) is 3. The van der Waals surface area contributed by atoms with Crippen molar-refractivity contribution in [3.8, 4) is 5.75 Å². The zero-order chi connectivity index (χ0) is 15.2. The van der Waals surface area contributed by atoms with E-state index >= 15 is 0 Å². The minimum absolute atomic E-state index is 0.127. The molecule has 0 heterocycles. The van der Waals surface area contributed by atoms with Gasteiger partial charge in [0.15, 0.2) is 0 Å². The third-order valence-electron chi connectivity index (χ3n) is 4.23. The van der Waals surface area contributed by atoms with Gasteiger partial charge in [0.1, 0.15) is 5.75 Å². The molecule has 0 aromatic heterocycles. The van der Waals surface area contributed by atoms with Crippen molar-refractivity contribution >= 4 is 0 Å². The first kappa shape index (κ1) is 17.0. The number of rotatable bonds is 8. The van der Waals surface area contributed by atoms with Crippen molar-refractivity contribution in [1.82, 2.24) is 5.32 Å². The van der Waals surface area contributed by atoms with E-state index in [0.717, 1.165) is 25.1 Å². The number of likely N-dealkylation sites (N-methyl/N-ethyl adjacent to an activating group) is 1. The molecule has 0 spiro atoms. The average Bonchev–Trinajstić information content (AvgIpc) is 2.48. The van der Waals surface area contributed by atoms with E-state index in [1.807, 2.05) is 6.07 Å². The molecule has 0 amide bonds. The van der Waals surface area contributed by atoms with Crippen LogP contribution >= 0.6 is 0 Å². The molecule has 1 rings (SSSR count). The van der Waals surface area contributed by atoms with Crippen LogP contribution < -0.4 is 10.1 Å². The average molecular weight is 279 g/mol. The first-order valence-electron chi connectivity index (χ1n) is 7.51. The van der Waals surface area contributed by atoms with Crippen molar-refractivity contribution < 1.29 is 9.47 Å². The summed E-state index contributed by atoms with van der Waals surface area (Å²) < 4.78 is 11.5. The molecule has 0 fully saturated rings. The number of ether oxygens (including phenoxy) is 2. The van der Waals surface area contributed by atoms with Crippen molar-refractivity contribution in [2.75, 3.05) is 20.8 Å². The van der Waals surface area contributed by atoms with Crippen molar-refractivity contribution in [2.45, 2.75) is 52.2 Å². The Bertz CT molecular complexity index is 405. The zero-order valence-corrected chi connectivity index (χ0v) is 13.7. The standard InChI is InChI=1S/C17H29NO2/c1-7-17(8-2,20-6)16(18-9-3)14-12-13(4)10-11-15(14)19-5/h10-12,16,18H,7-9H2,1-6H3. The normalized spacial score (nSPS) is 13.3. The maximum atomic E-state index is 5.93. The molecular formula is C17H29NO2. The number of methoxy groups -OCH3 is 2. The van der Waals surface area contributed by atoms with Gasteiger partial charge in [-0.15, -0.1) is 0 Å². The summed E-state index contributed by atoms with van der Waals surface area (Å²) in [5.74, 6) is 0.921. The second-order valence-corrected chi connectivity index (χ2v) is 5.21. The molecule has 0 bridgehead atoms. The van der Waals surface area contributed by atoms with E-state index < -0.39 is 0 Å². The highest BCUT2D eigenvalue weighted by molar-refractivity contribution is 5.40. The zero-order valence-electron chi connectivity index (χ0n) is 13.7. The highest BCUT2D eigenvalue weighted by Crippen LogP contribution is 2.39. The number of aryl methyl sites for hydroxylation is 1. The van der Waals surface area contributed by atoms with Crippen molar-refractivity contribution in [1.29, 1.82) is 0 Å². The van der Waals surface area contributed by atoms with E-state index in [-0.39, 0.29) is 11.6 Å². The lowest BCUT2D eigenvalue weighted by atomic mass is 9.83. The largest absolute Gasteiger partial charge is 0.496 e. The van der Waals surface area contributed by atoms with Gasteiger partial charge < -0.3 is 14.8 Å². The van der Waals surface area contributed by atoms with E-state index in [9.17, 15) is 0 Å². The topological polar surface area (TPSA) is 30.5 Å². The minimum Gasteiger partial charge on any atom is -0.496 e. The molecule has 0 aliphatic rings. The molecule has 0 saturated heterocycles. The van der Waals surface area contributed by atoms with Gasteiger partial charge in [-0.05, 0) is 32.4 Å². The quantitative estimate of drug-likeness (QED) is 0.784. The second kappa shape index (κ2) is 7.65. The summed E-state index contributed by atoms with van der Waals surface area (Å²) in [4.78, 5) is 0. The Hall–Kier alpha value is -1.06. The summed E-state index contributed by atoms with van der Waals surface area (Å²) in [7, 11) is 3.53. The SMILES string of the molecule is CCNC(c1cc(C)ccc1OC)C(CC)(CC)OC. The maximum Gasteiger partial charge on any atom is 0.123 e. The summed E-state index contributed by atoms with van der Waals surface area (Å²) in [6, 6.07) is 6.45. The number of benzene rings is 1. The van der Waals surface area contributed by atoms with Crippen LogP contribution in [-0.2, 0) is 4.74 Å². The van der Waals surface area contributed by atoms with Crippen LogP contribution in [0, 0.1) is 6.92 Å². The fraction of sp³-hybridized carbons (Fsp3) is 0.647. The summed E-state index contributed by atoms with van der Waals surface area (Å²) in [5, 5.41) is 3.59. The molecule has 1 N–H and O–H groups in total. The van der Waals surface area contributed by atoms with Crippen LogP contribution in [0.5, 0.6) is 5.75 Å². The molecule has 0 radical (unpaired) electrons. The van der Waals surface area contributed by atoms with Gasteiger partial charge in [-0.2, -0.15) is 0 Å². The summed E-state index contributed by atoms with van der Waals surface area (Å²) in [6.45, 7) is 9.49. The number of hydrogen-bond donors (Lipinski definition) is 1. The van der Waals surface area contributed by atoms with Crippen LogP contribution in [0.3, 0.4) is 0 Å². The lowest BCUT2D eigenvalue weighted by molar-refractivity contribution is -0.0487. The Morgan fingerprint density at radius 3 is 2.25 bits per heavy atom. The predicted octanol–water partition coefficient (Wildman–Crippen LogP) is 3.86. The van der Waals surface area contributed by atoms with Crippen LogP contribution in [0.25, 0.3) is 0 Å². The van der Waals surface area contributed by atoms with Crippen LogP contribution in [0.2, 0.25) is 0 Å². The van der Waals surface area contributed by atoms with E-state index in [1.54, 1.807) is 14.2 Å². The summed E-state index contributed by atoms with van der Waals surface area (Å²) in [6.07, 6.45) is 1.91. The monoisotopic (exact) mass is 279 g/mol. The summed E-state index contributed by atoms with van der Waals surface area (Å²) >= 11 is 0. The maximum absolute atomic E-state index is 5.93. The molecule has 0 saturated carbocycles. The van der Waals surface area contributed by atoms with Gasteiger partial charge in [0.25, 0.3) is 0 Å². The van der Waals surface area contributed by atoms with Gasteiger partial charge in [-0.25, -0.2) is 0 Å². The molecule has 0 aliphatic heterocycles. The van der Waals surface area contributed by atoms with Gasteiger partial charge in [-0.1, -0.05) is 38.5 Å². The van der Waals surface area contributed by atoms with Crippen molar-refractivity contribution in [3.63, 3.8) is 0 Å². The summed E-state index contributed by atoms with van der Waals surface area (Å²) in [5.41, 5.74) is 2.21. The lowest BCUT2D eigenvalue weighted by Crippen LogP contribution is -2.45. The molecule has 3 heteroatoms. The Morgan fingerprint density at radius 2 is 1.80 bits per heavy atom. The van der Waals surface area contributed by atoms with Gasteiger partial charge in [-0.3, -0.25) is 0 Å². The molecule has 1 atom stereocenters. The molecule has 0 aliphatic carbocycles. The van der Waals surface area contributed by atoms with Crippen LogP contribution in [0.1, 0.15) is 50.8 Å². The second-order valence-electron chi connectivity index (χ2n) is 5.21. The first-order valence-corrected chi connectivity index (χ1v) is 7.51. The highest BCUT2D eigenvalue weighted by atomic mass is 16.5. The molecule has 1 aromatic rings. The molecule has 1 unspecified atom stereocenters. The minimum atomic E-state index is -0.211. The molecule has 20 heavy (non-hydrogen) atoms. The van der Waals surface area contributed by atoms with Gasteiger partial charge in [0, 0.05) is 12.7 Å². The van der Waals surface area contributed by atoms with Gasteiger partial charge >= 0.3 is 0 Å². The number of nitrogens with one attached hydrogen (secondary N) is 1. The van der Waals surface area contributed by atoms with Crippen LogP contribution in [-0.4, -0.2) is 26.4 Å². The van der Waals surface area contributed by atoms with E-state index in [2.05, 4.69) is 45.1 Å². The third kappa shape index (κ3) is 3.33. The van der Waals surface area contributed by atoms with E-state index in [4.69, 9.17) is 9.47 Å². The fourth-order valence-corrected chi connectivity index (χ4v) is 2.93. The Morgan fingerprint density at radius 1 is 1.15 bits per heavy atom. The Balaban J connectivity index is 3.35. The van der Waals surface area contributed by atoms with E-state index in [1.165, 1.54) is 11.1 Å². The van der Waals surface area contributed by atoms with Gasteiger partial charge in [0.05, 0.1) is 18.8 Å². The Labute approximate surface area is 123 Å². The predicted molar refractivity (Wildman–Crippen MR) is 84.5 cm³/mol. The van der Waals surface area contributed by atoms with Crippen LogP contribution in [0.15, 0.2) is 18.2 Å². The Kier molecular flexibility index (Phi) is 6.50. The molecule has 1 aromatic carbocycles. The van der Waals surface area contributed by atoms with Gasteiger partial charge in [0.2, 0.25) is 0 Å². The first-order chi connectivity index (χ1) is 9.58. The smallest absolute Gasteiger partial charge is 0.123 e. The van der Waals surface area contributed by atoms with Crippen molar-refractivity contribution in [3.05, 3.63) is 29.3 Å². The van der Waals surface area contributed by atoms with Crippen molar-refractivity contribution in [2.24, 2.45) is 0 Å². The fourth-order valence-electron chi connectivity index (χ4n) is 2.93. The lowest BCUT2D eigenvalue weighted by Gasteiger charge is -2.39. The van der Waals surface area contributed by atoms with E-state index in [0.29, 0.717) is 0 Å². The molecule has 114 valence electrons. The third-order valence-corrected chi connectivity index (χ3v) is 4.23. The molecule has 3 nitrogen and oxygen atoms in total.